The summed E-state index contributed by atoms with van der Waals surface area (Å²) in [4.78, 5) is 38.9. The normalized spacial score (nSPS) is 36.7. The van der Waals surface area contributed by atoms with E-state index in [9.17, 15) is 19.5 Å². The SMILES string of the molecule is CC1=C[C@@H]2[C@H](CC(COC(=O)c3ccccc3)=C[C@H]3[C@@H]4C(C)(C)[C@]4(OC(=O)CC(C)C)C[C@@H](C)[C@]23O)C1=O. The van der Waals surface area contributed by atoms with Gasteiger partial charge >= 0.3 is 11.9 Å². The van der Waals surface area contributed by atoms with Gasteiger partial charge in [0, 0.05) is 35.5 Å². The zero-order chi connectivity index (χ0) is 27.6. The number of benzene rings is 1. The Kier molecular flexibility index (Phi) is 6.49. The molecule has 0 aromatic heterocycles. The highest BCUT2D eigenvalue weighted by atomic mass is 16.6. The summed E-state index contributed by atoms with van der Waals surface area (Å²) in [6, 6.07) is 8.84. The minimum absolute atomic E-state index is 0.0480. The highest BCUT2D eigenvalue weighted by molar-refractivity contribution is 6.00. The zero-order valence-corrected chi connectivity index (χ0v) is 23.3. The van der Waals surface area contributed by atoms with E-state index in [-0.39, 0.29) is 53.4 Å². The lowest BCUT2D eigenvalue weighted by Crippen LogP contribution is -2.56. The number of ketones is 1. The van der Waals surface area contributed by atoms with Crippen LogP contribution in [0.1, 0.15) is 71.2 Å². The number of aliphatic hydroxyl groups is 1. The summed E-state index contributed by atoms with van der Waals surface area (Å²) in [6.07, 6.45) is 5.34. The summed E-state index contributed by atoms with van der Waals surface area (Å²) in [7, 11) is 0. The fraction of sp³-hybridized carbons (Fsp3) is 0.594. The van der Waals surface area contributed by atoms with Crippen LogP contribution in [0.25, 0.3) is 0 Å². The van der Waals surface area contributed by atoms with Crippen molar-refractivity contribution in [3.05, 3.63) is 59.2 Å². The Morgan fingerprint density at radius 2 is 1.79 bits per heavy atom. The number of rotatable bonds is 6. The number of hydrogen-bond donors (Lipinski definition) is 1. The van der Waals surface area contributed by atoms with Crippen LogP contribution in [-0.2, 0) is 19.1 Å². The predicted molar refractivity (Wildman–Crippen MR) is 143 cm³/mol. The number of esters is 2. The standard InChI is InChI=1S/C32H40O6/c1-18(2)12-26(33)38-31-16-20(4)32(36)24-13-19(3)27(34)23(24)14-21(15-25(32)28(31)30(31,5)6)17-37-29(35)22-10-8-7-9-11-22/h7-11,13,15,18,20,23-25,28,36H,12,14,16-17H2,1-6H3/t20-,23+,24-,25+,28-,31+,32+/m1/s1. The lowest BCUT2D eigenvalue weighted by atomic mass is 9.61. The minimum atomic E-state index is -1.17. The molecule has 38 heavy (non-hydrogen) atoms. The first-order valence-corrected chi connectivity index (χ1v) is 13.9. The first-order valence-electron chi connectivity index (χ1n) is 13.9. The molecule has 7 atom stereocenters. The fourth-order valence-corrected chi connectivity index (χ4v) is 7.92. The van der Waals surface area contributed by atoms with Crippen molar-refractivity contribution in [2.24, 2.45) is 40.9 Å². The molecule has 1 N–H and O–H groups in total. The molecule has 0 spiro atoms. The summed E-state index contributed by atoms with van der Waals surface area (Å²) in [5, 5.41) is 12.6. The Bertz CT molecular complexity index is 1210. The Labute approximate surface area is 225 Å². The number of Topliss-reactive ketones (excluding diaryl/α,β-unsaturated/α-hetero) is 1. The van der Waals surface area contributed by atoms with E-state index < -0.39 is 23.1 Å². The first-order chi connectivity index (χ1) is 17.8. The summed E-state index contributed by atoms with van der Waals surface area (Å²) in [5.41, 5.74) is -0.199. The molecule has 1 aromatic rings. The molecule has 204 valence electrons. The minimum Gasteiger partial charge on any atom is -0.458 e. The van der Waals surface area contributed by atoms with Crippen LogP contribution in [0.2, 0.25) is 0 Å². The van der Waals surface area contributed by atoms with Gasteiger partial charge in [0.05, 0.1) is 11.2 Å². The average Bonchev–Trinajstić information content (AvgIpc) is 3.22. The van der Waals surface area contributed by atoms with Crippen LogP contribution in [0.3, 0.4) is 0 Å². The van der Waals surface area contributed by atoms with E-state index in [1.165, 1.54) is 0 Å². The molecule has 0 aliphatic heterocycles. The third kappa shape index (κ3) is 3.98. The maximum absolute atomic E-state index is 13.3. The summed E-state index contributed by atoms with van der Waals surface area (Å²) in [6.45, 7) is 12.1. The fourth-order valence-electron chi connectivity index (χ4n) is 7.92. The molecule has 2 fully saturated rings. The number of fused-ring (bicyclic) bond motifs is 5. The van der Waals surface area contributed by atoms with E-state index in [0.717, 1.165) is 5.57 Å². The number of allylic oxidation sites excluding steroid dienone is 1. The summed E-state index contributed by atoms with van der Waals surface area (Å²) >= 11 is 0. The van der Waals surface area contributed by atoms with Gasteiger partial charge in [0.15, 0.2) is 5.78 Å². The molecule has 6 nitrogen and oxygen atoms in total. The molecule has 2 saturated carbocycles. The quantitative estimate of drug-likeness (QED) is 0.404. The Balaban J connectivity index is 1.51. The third-order valence-electron chi connectivity index (χ3n) is 9.87. The van der Waals surface area contributed by atoms with Crippen molar-refractivity contribution in [3.63, 3.8) is 0 Å². The number of carbonyl (C=O) groups is 3. The Morgan fingerprint density at radius 1 is 1.11 bits per heavy atom. The maximum atomic E-state index is 13.3. The molecule has 0 amide bonds. The van der Waals surface area contributed by atoms with Gasteiger partial charge in [0.25, 0.3) is 0 Å². The molecule has 5 rings (SSSR count). The monoisotopic (exact) mass is 520 g/mol. The summed E-state index contributed by atoms with van der Waals surface area (Å²) < 4.78 is 12.0. The van der Waals surface area contributed by atoms with Crippen molar-refractivity contribution in [2.45, 2.75) is 72.0 Å². The lowest BCUT2D eigenvalue weighted by Gasteiger charge is -2.49. The Hall–Kier alpha value is -2.73. The molecule has 0 radical (unpaired) electrons. The molecular formula is C32H40O6. The molecule has 0 unspecified atom stereocenters. The molecule has 0 heterocycles. The molecule has 1 aromatic carbocycles. The van der Waals surface area contributed by atoms with Crippen LogP contribution in [0.4, 0.5) is 0 Å². The van der Waals surface area contributed by atoms with Crippen LogP contribution in [0, 0.1) is 40.9 Å². The van der Waals surface area contributed by atoms with Gasteiger partial charge in [-0.25, -0.2) is 4.79 Å². The molecule has 0 bridgehead atoms. The smallest absolute Gasteiger partial charge is 0.338 e. The maximum Gasteiger partial charge on any atom is 0.338 e. The molecule has 0 saturated heterocycles. The predicted octanol–water partition coefficient (Wildman–Crippen LogP) is 5.31. The van der Waals surface area contributed by atoms with E-state index in [1.54, 1.807) is 24.3 Å². The molecule has 4 aliphatic rings. The van der Waals surface area contributed by atoms with Gasteiger partial charge in [0.2, 0.25) is 0 Å². The number of ether oxygens (including phenoxy) is 2. The lowest BCUT2D eigenvalue weighted by molar-refractivity contribution is -0.173. The van der Waals surface area contributed by atoms with Gasteiger partial charge in [-0.05, 0) is 54.9 Å². The van der Waals surface area contributed by atoms with Crippen LogP contribution in [-0.4, -0.2) is 40.6 Å². The van der Waals surface area contributed by atoms with Gasteiger partial charge in [-0.15, -0.1) is 0 Å². The largest absolute Gasteiger partial charge is 0.458 e. The van der Waals surface area contributed by atoms with Crippen molar-refractivity contribution < 1.29 is 29.0 Å². The van der Waals surface area contributed by atoms with E-state index in [0.29, 0.717) is 30.4 Å². The van der Waals surface area contributed by atoms with Gasteiger partial charge in [-0.2, -0.15) is 0 Å². The Morgan fingerprint density at radius 3 is 2.45 bits per heavy atom. The van der Waals surface area contributed by atoms with Crippen LogP contribution in [0.15, 0.2) is 53.6 Å². The van der Waals surface area contributed by atoms with Crippen molar-refractivity contribution in [2.75, 3.05) is 6.61 Å². The van der Waals surface area contributed by atoms with E-state index in [4.69, 9.17) is 9.47 Å². The second-order valence-electron chi connectivity index (χ2n) is 13.0. The van der Waals surface area contributed by atoms with Gasteiger partial charge < -0.3 is 14.6 Å². The van der Waals surface area contributed by atoms with E-state index >= 15 is 0 Å². The number of carbonyl (C=O) groups excluding carboxylic acids is 3. The van der Waals surface area contributed by atoms with Crippen molar-refractivity contribution >= 4 is 17.7 Å². The van der Waals surface area contributed by atoms with E-state index in [2.05, 4.69) is 13.8 Å². The average molecular weight is 521 g/mol. The van der Waals surface area contributed by atoms with Crippen molar-refractivity contribution in [3.8, 4) is 0 Å². The molecule has 4 aliphatic carbocycles. The highest BCUT2D eigenvalue weighted by Crippen LogP contribution is 2.76. The second-order valence-corrected chi connectivity index (χ2v) is 13.0. The van der Waals surface area contributed by atoms with Crippen LogP contribution in [0.5, 0.6) is 0 Å². The summed E-state index contributed by atoms with van der Waals surface area (Å²) in [5.74, 6) is -1.77. The van der Waals surface area contributed by atoms with Crippen molar-refractivity contribution in [1.82, 2.24) is 0 Å². The third-order valence-corrected chi connectivity index (χ3v) is 9.87. The molecular weight excluding hydrogens is 480 g/mol. The first kappa shape index (κ1) is 26.9. The van der Waals surface area contributed by atoms with Gasteiger partial charge in [-0.3, -0.25) is 9.59 Å². The van der Waals surface area contributed by atoms with Crippen molar-refractivity contribution in [1.29, 1.82) is 0 Å². The zero-order valence-electron chi connectivity index (χ0n) is 23.3. The number of hydrogen-bond acceptors (Lipinski definition) is 6. The topological polar surface area (TPSA) is 89.9 Å². The van der Waals surface area contributed by atoms with Gasteiger partial charge in [0.1, 0.15) is 12.2 Å². The van der Waals surface area contributed by atoms with Crippen LogP contribution < -0.4 is 0 Å². The van der Waals surface area contributed by atoms with Crippen LogP contribution >= 0.6 is 0 Å². The molecule has 6 heteroatoms. The van der Waals surface area contributed by atoms with Gasteiger partial charge in [-0.1, -0.05) is 65.0 Å². The van der Waals surface area contributed by atoms with E-state index in [1.807, 2.05) is 45.9 Å². The second kappa shape index (κ2) is 9.18. The highest BCUT2D eigenvalue weighted by Gasteiger charge is 2.82.